The second-order valence-electron chi connectivity index (χ2n) is 12.5. The minimum atomic E-state index is -0.876. The van der Waals surface area contributed by atoms with Gasteiger partial charge in [-0.1, -0.05) is 60.7 Å². The van der Waals surface area contributed by atoms with Crippen LogP contribution in [0, 0.1) is 11.8 Å². The van der Waals surface area contributed by atoms with Gasteiger partial charge in [-0.25, -0.2) is 0 Å². The molecule has 2 saturated heterocycles. The number of benzene rings is 2. The number of rotatable bonds is 10. The Morgan fingerprint density at radius 2 is 1.11 bits per heavy atom. The first kappa shape index (κ1) is 32.5. The Labute approximate surface area is 283 Å². The van der Waals surface area contributed by atoms with Crippen LogP contribution < -0.4 is 10.6 Å². The van der Waals surface area contributed by atoms with E-state index in [2.05, 4.69) is 10.6 Å². The fourth-order valence-corrected chi connectivity index (χ4v) is 9.58. The van der Waals surface area contributed by atoms with Crippen LogP contribution in [0.1, 0.15) is 50.7 Å². The number of hydrogen-bond donors (Lipinski definition) is 2. The molecule has 0 aromatic heterocycles. The molecule has 4 amide bonds. The predicted molar refractivity (Wildman–Crippen MR) is 186 cm³/mol. The normalized spacial score (nSPS) is 23.6. The Balaban J connectivity index is 1.13. The third kappa shape index (κ3) is 6.04. The Morgan fingerprint density at radius 1 is 0.717 bits per heavy atom. The molecule has 4 atom stereocenters. The van der Waals surface area contributed by atoms with Crippen LogP contribution in [0.15, 0.2) is 82.6 Å². The van der Waals surface area contributed by atoms with Crippen molar-refractivity contribution in [2.24, 2.45) is 11.8 Å². The van der Waals surface area contributed by atoms with Crippen LogP contribution in [0.4, 0.5) is 0 Å². The summed E-state index contributed by atoms with van der Waals surface area (Å²) in [5.74, 6) is 0.332. The van der Waals surface area contributed by atoms with Gasteiger partial charge in [0.1, 0.15) is 0 Å². The molecule has 240 valence electrons. The van der Waals surface area contributed by atoms with E-state index < -0.39 is 11.1 Å². The van der Waals surface area contributed by atoms with Crippen molar-refractivity contribution >= 4 is 64.5 Å². The van der Waals surface area contributed by atoms with Crippen molar-refractivity contribution in [3.63, 3.8) is 0 Å². The molecule has 2 N–H and O–H groups in total. The van der Waals surface area contributed by atoms with Crippen molar-refractivity contribution in [3.8, 4) is 0 Å². The highest BCUT2D eigenvalue weighted by atomic mass is 32.2. The summed E-state index contributed by atoms with van der Waals surface area (Å²) < 4.78 is 0. The van der Waals surface area contributed by atoms with Crippen LogP contribution in [0.3, 0.4) is 0 Å². The van der Waals surface area contributed by atoms with Crippen molar-refractivity contribution in [1.29, 1.82) is 0 Å². The number of nitrogens with one attached hydrogen (secondary N) is 2. The summed E-state index contributed by atoms with van der Waals surface area (Å²) in [5.41, 5.74) is 0.0116. The molecule has 4 heterocycles. The van der Waals surface area contributed by atoms with Crippen LogP contribution in [-0.2, 0) is 30.3 Å². The molecule has 0 saturated carbocycles. The number of hydrogen-bond acceptors (Lipinski definition) is 7. The lowest BCUT2D eigenvalue weighted by molar-refractivity contribution is -0.154. The molecule has 4 unspecified atom stereocenters. The first-order valence-electron chi connectivity index (χ1n) is 15.7. The molecule has 0 aliphatic carbocycles. The first-order valence-corrected chi connectivity index (χ1v) is 18.1. The van der Waals surface area contributed by atoms with E-state index in [4.69, 9.17) is 12.2 Å². The Kier molecular flexibility index (Phi) is 9.45. The van der Waals surface area contributed by atoms with Gasteiger partial charge in [0.25, 0.3) is 11.8 Å². The number of fused-ring (bicyclic) bond motifs is 2. The molecule has 46 heavy (non-hydrogen) atoms. The van der Waals surface area contributed by atoms with Gasteiger partial charge < -0.3 is 10.6 Å². The maximum Gasteiger partial charge on any atom is 0.254 e. The number of carbonyl (C=O) groups is 4. The SMILES string of the molecule is CC(CCNC(=S)NCCC(C)(c1ccccc1)N1C(=O)C=C2SCCC2C1=O)(c1ccccc1)N1C(=O)C=C2SCCC2C1=O. The zero-order valence-corrected chi connectivity index (χ0v) is 28.4. The molecule has 11 heteroatoms. The molecule has 4 aliphatic rings. The topological polar surface area (TPSA) is 98.8 Å². The highest BCUT2D eigenvalue weighted by molar-refractivity contribution is 8.03. The standard InChI is InChI=1S/C35H38N4O4S3/c1-34(23-9-5-3-6-10-23,38-29(40)21-27-25(31(38)42)13-19-45-27)15-17-36-33(44)37-18-16-35(2,24-11-7-4-8-12-24)39-30(41)22-28-26(32(39)43)14-20-46-28/h3-12,21-22,25-26H,13-20H2,1-2H3,(H2,36,37,44). The Bertz CT molecular complexity index is 1500. The largest absolute Gasteiger partial charge is 0.363 e. The van der Waals surface area contributed by atoms with Gasteiger partial charge in [0.2, 0.25) is 11.8 Å². The molecule has 2 aromatic rings. The Morgan fingerprint density at radius 3 is 1.50 bits per heavy atom. The predicted octanol–water partition coefficient (Wildman–Crippen LogP) is 5.07. The van der Waals surface area contributed by atoms with Crippen LogP contribution in [0.5, 0.6) is 0 Å². The van der Waals surface area contributed by atoms with E-state index in [1.54, 1.807) is 35.7 Å². The van der Waals surface area contributed by atoms with E-state index in [0.29, 0.717) is 31.0 Å². The number of nitrogens with zero attached hydrogens (tertiary/aromatic N) is 2. The van der Waals surface area contributed by atoms with E-state index in [1.807, 2.05) is 74.5 Å². The molecule has 2 aromatic carbocycles. The van der Waals surface area contributed by atoms with Crippen LogP contribution in [0.25, 0.3) is 0 Å². The summed E-state index contributed by atoms with van der Waals surface area (Å²) >= 11 is 8.84. The van der Waals surface area contributed by atoms with Crippen LogP contribution >= 0.6 is 35.7 Å². The van der Waals surface area contributed by atoms with E-state index >= 15 is 0 Å². The molecule has 0 bridgehead atoms. The second kappa shape index (κ2) is 13.4. The third-order valence-corrected chi connectivity index (χ3v) is 12.3. The van der Waals surface area contributed by atoms with E-state index in [0.717, 1.165) is 45.3 Å². The highest BCUT2D eigenvalue weighted by Gasteiger charge is 2.49. The van der Waals surface area contributed by atoms with Gasteiger partial charge in [-0.05, 0) is 74.4 Å². The summed E-state index contributed by atoms with van der Waals surface area (Å²) in [6.45, 7) is 4.71. The summed E-state index contributed by atoms with van der Waals surface area (Å²) in [5, 5.41) is 6.96. The lowest BCUT2D eigenvalue weighted by Gasteiger charge is -2.43. The van der Waals surface area contributed by atoms with Crippen molar-refractivity contribution in [1.82, 2.24) is 20.4 Å². The van der Waals surface area contributed by atoms with Gasteiger partial charge in [0.05, 0.1) is 22.9 Å². The molecule has 4 aliphatic heterocycles. The van der Waals surface area contributed by atoms with Gasteiger partial charge in [0, 0.05) is 35.1 Å². The fraction of sp³-hybridized carbons (Fsp3) is 0.400. The average Bonchev–Trinajstić information content (AvgIpc) is 3.72. The van der Waals surface area contributed by atoms with E-state index in [-0.39, 0.29) is 35.5 Å². The molecule has 0 radical (unpaired) electrons. The van der Waals surface area contributed by atoms with Crippen molar-refractivity contribution < 1.29 is 19.2 Å². The Hall–Kier alpha value is -3.41. The number of carbonyl (C=O) groups excluding carboxylic acids is 4. The number of imide groups is 2. The number of thioether (sulfide) groups is 2. The molecule has 2 fully saturated rings. The van der Waals surface area contributed by atoms with Gasteiger partial charge in [-0.15, -0.1) is 23.5 Å². The lowest BCUT2D eigenvalue weighted by Crippen LogP contribution is -2.56. The molecular weight excluding hydrogens is 637 g/mol. The molecule has 8 nitrogen and oxygen atoms in total. The molecule has 6 rings (SSSR count). The zero-order valence-electron chi connectivity index (χ0n) is 26.0. The summed E-state index contributed by atoms with van der Waals surface area (Å²) in [6.07, 6.45) is 5.65. The van der Waals surface area contributed by atoms with Crippen LogP contribution in [0.2, 0.25) is 0 Å². The minimum Gasteiger partial charge on any atom is -0.363 e. The minimum absolute atomic E-state index is 0.139. The van der Waals surface area contributed by atoms with E-state index in [9.17, 15) is 19.2 Å². The van der Waals surface area contributed by atoms with Gasteiger partial charge >= 0.3 is 0 Å². The van der Waals surface area contributed by atoms with E-state index in [1.165, 1.54) is 9.80 Å². The highest BCUT2D eigenvalue weighted by Crippen LogP contribution is 2.45. The maximum atomic E-state index is 13.7. The first-order chi connectivity index (χ1) is 22.1. The fourth-order valence-electron chi connectivity index (χ4n) is 6.99. The summed E-state index contributed by atoms with van der Waals surface area (Å²) in [6, 6.07) is 19.3. The van der Waals surface area contributed by atoms with Crippen molar-refractivity contribution in [2.45, 2.75) is 50.6 Å². The quantitative estimate of drug-likeness (QED) is 0.264. The van der Waals surface area contributed by atoms with Gasteiger partial charge in [-0.2, -0.15) is 0 Å². The van der Waals surface area contributed by atoms with Gasteiger partial charge in [-0.3, -0.25) is 29.0 Å². The lowest BCUT2D eigenvalue weighted by atomic mass is 9.83. The zero-order chi connectivity index (χ0) is 32.5. The molecular formula is C35H38N4O4S3. The number of amides is 4. The summed E-state index contributed by atoms with van der Waals surface area (Å²) in [4.78, 5) is 58.7. The van der Waals surface area contributed by atoms with Crippen LogP contribution in [-0.4, -0.2) is 63.1 Å². The monoisotopic (exact) mass is 674 g/mol. The number of thiocarbonyl (C=S) groups is 1. The smallest absolute Gasteiger partial charge is 0.254 e. The average molecular weight is 675 g/mol. The van der Waals surface area contributed by atoms with Crippen molar-refractivity contribution in [3.05, 3.63) is 93.8 Å². The third-order valence-electron chi connectivity index (χ3n) is 9.62. The van der Waals surface area contributed by atoms with Gasteiger partial charge in [0.15, 0.2) is 5.11 Å². The molecule has 0 spiro atoms. The second-order valence-corrected chi connectivity index (χ2v) is 15.2. The maximum absolute atomic E-state index is 13.7. The summed E-state index contributed by atoms with van der Waals surface area (Å²) in [7, 11) is 0. The van der Waals surface area contributed by atoms with Crippen molar-refractivity contribution in [2.75, 3.05) is 24.6 Å².